The third-order valence-corrected chi connectivity index (χ3v) is 5.54. The summed E-state index contributed by atoms with van der Waals surface area (Å²) in [6.07, 6.45) is 4.09. The van der Waals surface area contributed by atoms with Crippen LogP contribution < -0.4 is 0 Å². The number of carboxylic acids is 1. The Morgan fingerprint density at radius 1 is 1.31 bits per heavy atom. The van der Waals surface area contributed by atoms with Crippen molar-refractivity contribution in [1.82, 2.24) is 4.98 Å². The number of oxazole rings is 1. The summed E-state index contributed by atoms with van der Waals surface area (Å²) in [4.78, 5) is 15.8. The molecule has 158 valence electrons. The van der Waals surface area contributed by atoms with Crippen LogP contribution in [0.5, 0.6) is 0 Å². The zero-order valence-corrected chi connectivity index (χ0v) is 17.7. The summed E-state index contributed by atoms with van der Waals surface area (Å²) in [5.74, 6) is 0.775. The number of benzene rings is 1. The SMILES string of the molecule is Cc1cccc(-c2nc(COC3CCCC(COC(C)(C)C(=O)O)C3)c(C)o2)c1. The predicted octanol–water partition coefficient (Wildman–Crippen LogP) is 4.91. The van der Waals surface area contributed by atoms with Gasteiger partial charge in [0.2, 0.25) is 5.89 Å². The topological polar surface area (TPSA) is 81.8 Å². The minimum Gasteiger partial charge on any atom is -0.479 e. The van der Waals surface area contributed by atoms with Crippen LogP contribution in [0.2, 0.25) is 0 Å². The molecule has 0 bridgehead atoms. The Hall–Kier alpha value is -2.18. The Bertz CT molecular complexity index is 842. The fraction of sp³-hybridized carbons (Fsp3) is 0.565. The highest BCUT2D eigenvalue weighted by Crippen LogP contribution is 2.29. The van der Waals surface area contributed by atoms with Crippen LogP contribution in [0.4, 0.5) is 0 Å². The summed E-state index contributed by atoms with van der Waals surface area (Å²) in [5.41, 5.74) is 1.80. The summed E-state index contributed by atoms with van der Waals surface area (Å²) >= 11 is 0. The van der Waals surface area contributed by atoms with Gasteiger partial charge in [0, 0.05) is 5.56 Å². The van der Waals surface area contributed by atoms with Crippen molar-refractivity contribution in [3.63, 3.8) is 0 Å². The van der Waals surface area contributed by atoms with Crippen LogP contribution >= 0.6 is 0 Å². The van der Waals surface area contributed by atoms with Crippen molar-refractivity contribution in [2.45, 2.75) is 71.7 Å². The maximum atomic E-state index is 11.2. The fourth-order valence-corrected chi connectivity index (χ4v) is 3.59. The van der Waals surface area contributed by atoms with E-state index in [1.807, 2.05) is 32.0 Å². The third kappa shape index (κ3) is 5.67. The first-order valence-electron chi connectivity index (χ1n) is 10.3. The zero-order valence-electron chi connectivity index (χ0n) is 17.7. The smallest absolute Gasteiger partial charge is 0.335 e. The number of ether oxygens (including phenoxy) is 2. The van der Waals surface area contributed by atoms with Gasteiger partial charge in [-0.05, 0) is 65.0 Å². The number of nitrogens with zero attached hydrogens (tertiary/aromatic N) is 1. The molecule has 1 aromatic heterocycles. The lowest BCUT2D eigenvalue weighted by Crippen LogP contribution is -2.37. The van der Waals surface area contributed by atoms with Crippen LogP contribution in [-0.4, -0.2) is 34.4 Å². The predicted molar refractivity (Wildman–Crippen MR) is 110 cm³/mol. The van der Waals surface area contributed by atoms with E-state index >= 15 is 0 Å². The normalized spacial score (nSPS) is 20.0. The van der Waals surface area contributed by atoms with Gasteiger partial charge in [-0.15, -0.1) is 0 Å². The molecule has 2 atom stereocenters. The number of aryl methyl sites for hydroxylation is 2. The van der Waals surface area contributed by atoms with Gasteiger partial charge < -0.3 is 19.0 Å². The Morgan fingerprint density at radius 3 is 2.83 bits per heavy atom. The number of aromatic nitrogens is 1. The lowest BCUT2D eigenvalue weighted by atomic mass is 9.87. The van der Waals surface area contributed by atoms with Gasteiger partial charge in [0.15, 0.2) is 5.60 Å². The van der Waals surface area contributed by atoms with Crippen LogP contribution in [0.25, 0.3) is 11.5 Å². The van der Waals surface area contributed by atoms with Crippen LogP contribution in [0.3, 0.4) is 0 Å². The second-order valence-electron chi connectivity index (χ2n) is 8.48. The summed E-state index contributed by atoms with van der Waals surface area (Å²) in [7, 11) is 0. The molecule has 1 aliphatic carbocycles. The average molecular weight is 402 g/mol. The zero-order chi connectivity index (χ0) is 21.0. The van der Waals surface area contributed by atoms with Gasteiger partial charge in [0.25, 0.3) is 0 Å². The number of carbonyl (C=O) groups is 1. The largest absolute Gasteiger partial charge is 0.479 e. The van der Waals surface area contributed by atoms with Crippen LogP contribution in [0, 0.1) is 19.8 Å². The Kier molecular flexibility index (Phi) is 6.75. The van der Waals surface area contributed by atoms with E-state index in [9.17, 15) is 9.90 Å². The molecule has 0 saturated heterocycles. The van der Waals surface area contributed by atoms with E-state index in [-0.39, 0.29) is 6.10 Å². The van der Waals surface area contributed by atoms with E-state index in [4.69, 9.17) is 13.9 Å². The molecule has 1 fully saturated rings. The standard InChI is InChI=1S/C23H31NO5/c1-15-7-5-9-18(11-15)21-24-20(16(2)29-21)14-27-19-10-6-8-17(12-19)13-28-23(3,4)22(25)26/h5,7,9,11,17,19H,6,8,10,12-14H2,1-4H3,(H,25,26). The van der Waals surface area contributed by atoms with Gasteiger partial charge in [0.1, 0.15) is 11.5 Å². The molecule has 0 spiro atoms. The monoisotopic (exact) mass is 401 g/mol. The van der Waals surface area contributed by atoms with Crippen molar-refractivity contribution in [3.05, 3.63) is 41.3 Å². The maximum absolute atomic E-state index is 11.2. The Balaban J connectivity index is 1.54. The second kappa shape index (κ2) is 9.09. The van der Waals surface area contributed by atoms with Crippen LogP contribution in [-0.2, 0) is 20.9 Å². The molecule has 2 aromatic rings. The molecular weight excluding hydrogens is 370 g/mol. The summed E-state index contributed by atoms with van der Waals surface area (Å²) in [5, 5.41) is 9.19. The highest BCUT2D eigenvalue weighted by atomic mass is 16.5. The summed E-state index contributed by atoms with van der Waals surface area (Å²) < 4.78 is 17.6. The van der Waals surface area contributed by atoms with Gasteiger partial charge in [-0.2, -0.15) is 0 Å². The third-order valence-electron chi connectivity index (χ3n) is 5.54. The van der Waals surface area contributed by atoms with Gasteiger partial charge in [0.05, 0.1) is 19.3 Å². The first kappa shape index (κ1) is 21.5. The van der Waals surface area contributed by atoms with E-state index in [0.717, 1.165) is 48.3 Å². The molecule has 6 heteroatoms. The van der Waals surface area contributed by atoms with E-state index in [2.05, 4.69) is 11.1 Å². The van der Waals surface area contributed by atoms with Crippen LogP contribution in [0.15, 0.2) is 28.7 Å². The molecule has 6 nitrogen and oxygen atoms in total. The van der Waals surface area contributed by atoms with Crippen molar-refractivity contribution in [2.24, 2.45) is 5.92 Å². The summed E-state index contributed by atoms with van der Waals surface area (Å²) in [6.45, 7) is 8.00. The molecule has 0 amide bonds. The molecule has 1 N–H and O–H groups in total. The van der Waals surface area contributed by atoms with Gasteiger partial charge in [-0.3, -0.25) is 0 Å². The van der Waals surface area contributed by atoms with Crippen molar-refractivity contribution in [1.29, 1.82) is 0 Å². The van der Waals surface area contributed by atoms with Crippen molar-refractivity contribution >= 4 is 5.97 Å². The number of aliphatic carboxylic acids is 1. The second-order valence-corrected chi connectivity index (χ2v) is 8.48. The van der Waals surface area contributed by atoms with E-state index in [1.54, 1.807) is 13.8 Å². The molecule has 2 unspecified atom stereocenters. The van der Waals surface area contributed by atoms with Crippen LogP contribution in [0.1, 0.15) is 56.5 Å². The van der Waals surface area contributed by atoms with Crippen molar-refractivity contribution < 1.29 is 23.8 Å². The number of hydrogen-bond acceptors (Lipinski definition) is 5. The molecule has 0 aliphatic heterocycles. The highest BCUT2D eigenvalue weighted by molar-refractivity contribution is 5.76. The van der Waals surface area contributed by atoms with Crippen molar-refractivity contribution in [2.75, 3.05) is 6.61 Å². The quantitative estimate of drug-likeness (QED) is 0.676. The first-order valence-corrected chi connectivity index (χ1v) is 10.3. The molecule has 3 rings (SSSR count). The molecule has 1 heterocycles. The molecule has 0 radical (unpaired) electrons. The van der Waals surface area contributed by atoms with E-state index in [1.165, 1.54) is 0 Å². The Labute approximate surface area is 172 Å². The lowest BCUT2D eigenvalue weighted by Gasteiger charge is -2.31. The molecule has 1 aromatic carbocycles. The summed E-state index contributed by atoms with van der Waals surface area (Å²) in [6, 6.07) is 8.09. The molecule has 1 aliphatic rings. The number of carboxylic acid groups (broad SMARTS) is 1. The first-order chi connectivity index (χ1) is 13.7. The average Bonchev–Trinajstić information content (AvgIpc) is 3.06. The van der Waals surface area contributed by atoms with Gasteiger partial charge >= 0.3 is 5.97 Å². The van der Waals surface area contributed by atoms with Gasteiger partial charge in [-0.1, -0.05) is 24.1 Å². The highest BCUT2D eigenvalue weighted by Gasteiger charge is 2.31. The molecule has 29 heavy (non-hydrogen) atoms. The van der Waals surface area contributed by atoms with Crippen molar-refractivity contribution in [3.8, 4) is 11.5 Å². The number of hydrogen-bond donors (Lipinski definition) is 1. The Morgan fingerprint density at radius 2 is 2.10 bits per heavy atom. The van der Waals surface area contributed by atoms with E-state index < -0.39 is 11.6 Å². The minimum absolute atomic E-state index is 0.129. The minimum atomic E-state index is -1.15. The van der Waals surface area contributed by atoms with Gasteiger partial charge in [-0.25, -0.2) is 9.78 Å². The molecule has 1 saturated carbocycles. The number of rotatable bonds is 8. The van der Waals surface area contributed by atoms with E-state index in [0.29, 0.717) is 25.0 Å². The lowest BCUT2D eigenvalue weighted by molar-refractivity contribution is -0.163. The fourth-order valence-electron chi connectivity index (χ4n) is 3.59. The maximum Gasteiger partial charge on any atom is 0.335 e. The molecular formula is C23H31NO5.